The van der Waals surface area contributed by atoms with Gasteiger partial charge >= 0.3 is 0 Å². The molecule has 1 aliphatic carbocycles. The molecule has 1 aromatic rings. The number of phenols is 1. The summed E-state index contributed by atoms with van der Waals surface area (Å²) in [5, 5.41) is 12.3. The van der Waals surface area contributed by atoms with Crippen molar-refractivity contribution in [3.05, 3.63) is 24.3 Å². The largest absolute Gasteiger partial charge is 0.508 e. The third kappa shape index (κ3) is 3.76. The molecular formula is C15H21NO2. The van der Waals surface area contributed by atoms with Crippen LogP contribution in [-0.2, 0) is 4.79 Å². The fraction of sp³-hybridized carbons (Fsp3) is 0.533. The molecule has 2 rings (SSSR count). The molecule has 18 heavy (non-hydrogen) atoms. The van der Waals surface area contributed by atoms with Crippen molar-refractivity contribution >= 4 is 11.6 Å². The van der Waals surface area contributed by atoms with Crippen LogP contribution in [0.1, 0.15) is 44.9 Å². The van der Waals surface area contributed by atoms with Crippen LogP contribution in [0, 0.1) is 5.92 Å². The van der Waals surface area contributed by atoms with E-state index in [1.165, 1.54) is 19.3 Å². The van der Waals surface area contributed by atoms with Gasteiger partial charge in [-0.2, -0.15) is 0 Å². The Kier molecular flexibility index (Phi) is 4.62. The summed E-state index contributed by atoms with van der Waals surface area (Å²) in [5.74, 6) is 0.417. The summed E-state index contributed by atoms with van der Waals surface area (Å²) in [6.07, 6.45) is 8.08. The molecule has 0 unspecified atom stereocenters. The highest BCUT2D eigenvalue weighted by Gasteiger charge is 2.19. The Morgan fingerprint density at radius 3 is 2.44 bits per heavy atom. The van der Waals surface area contributed by atoms with E-state index in [1.807, 2.05) is 0 Å². The summed E-state index contributed by atoms with van der Waals surface area (Å²) in [6.45, 7) is 0. The molecule has 1 aromatic carbocycles. The molecule has 3 nitrogen and oxygen atoms in total. The summed E-state index contributed by atoms with van der Waals surface area (Å²) >= 11 is 0. The van der Waals surface area contributed by atoms with Crippen LogP contribution in [0.3, 0.4) is 0 Å². The molecule has 0 saturated heterocycles. The van der Waals surface area contributed by atoms with Gasteiger partial charge in [0.15, 0.2) is 0 Å². The highest BCUT2D eigenvalue weighted by atomic mass is 16.3. The number of carbonyl (C=O) groups is 1. The molecular weight excluding hydrogens is 226 g/mol. The van der Waals surface area contributed by atoms with Gasteiger partial charge in [-0.1, -0.05) is 38.2 Å². The number of nitrogens with one attached hydrogen (secondary N) is 1. The van der Waals surface area contributed by atoms with Gasteiger partial charge in [-0.25, -0.2) is 0 Å². The lowest BCUT2D eigenvalue weighted by atomic mass is 9.90. The Bertz CT molecular complexity index is 395. The predicted molar refractivity (Wildman–Crippen MR) is 72.5 cm³/mol. The van der Waals surface area contributed by atoms with Crippen LogP contribution >= 0.6 is 0 Å². The quantitative estimate of drug-likeness (QED) is 0.837. The van der Waals surface area contributed by atoms with Gasteiger partial charge in [0.25, 0.3) is 0 Å². The van der Waals surface area contributed by atoms with Gasteiger partial charge in [0.1, 0.15) is 5.75 Å². The number of benzene rings is 1. The van der Waals surface area contributed by atoms with Crippen LogP contribution in [-0.4, -0.2) is 11.0 Å². The van der Waals surface area contributed by atoms with Crippen molar-refractivity contribution < 1.29 is 9.90 Å². The maximum Gasteiger partial charge on any atom is 0.227 e. The molecule has 98 valence electrons. The number of amides is 1. The molecule has 2 N–H and O–H groups in total. The van der Waals surface area contributed by atoms with Gasteiger partial charge in [-0.05, 0) is 25.0 Å². The van der Waals surface area contributed by atoms with Gasteiger partial charge in [-0.3, -0.25) is 4.79 Å². The first-order valence-corrected chi connectivity index (χ1v) is 6.85. The monoisotopic (exact) mass is 247 g/mol. The van der Waals surface area contributed by atoms with Gasteiger partial charge in [-0.15, -0.1) is 0 Å². The van der Waals surface area contributed by atoms with E-state index in [9.17, 15) is 9.90 Å². The molecule has 0 aliphatic heterocycles. The summed E-state index contributed by atoms with van der Waals surface area (Å²) in [7, 11) is 0. The van der Waals surface area contributed by atoms with E-state index in [2.05, 4.69) is 5.32 Å². The molecule has 0 heterocycles. The van der Waals surface area contributed by atoms with Crippen molar-refractivity contribution in [2.75, 3.05) is 5.32 Å². The third-order valence-electron chi connectivity index (χ3n) is 3.59. The molecule has 1 amide bonds. The molecule has 1 saturated carbocycles. The third-order valence-corrected chi connectivity index (χ3v) is 3.59. The predicted octanol–water partition coefficient (Wildman–Crippen LogP) is 3.69. The number of hydrogen-bond donors (Lipinski definition) is 2. The zero-order valence-corrected chi connectivity index (χ0v) is 10.7. The second-order valence-corrected chi connectivity index (χ2v) is 5.08. The van der Waals surface area contributed by atoms with Gasteiger partial charge in [0, 0.05) is 17.7 Å². The zero-order valence-electron chi connectivity index (χ0n) is 10.7. The fourth-order valence-electron chi connectivity index (χ4n) is 2.55. The van der Waals surface area contributed by atoms with E-state index in [-0.39, 0.29) is 17.6 Å². The maximum absolute atomic E-state index is 12.2. The minimum atomic E-state index is 0.0995. The van der Waals surface area contributed by atoms with Crippen molar-refractivity contribution in [3.63, 3.8) is 0 Å². The Hall–Kier alpha value is -1.51. The van der Waals surface area contributed by atoms with Gasteiger partial charge < -0.3 is 10.4 Å². The van der Waals surface area contributed by atoms with Crippen molar-refractivity contribution in [1.29, 1.82) is 0 Å². The van der Waals surface area contributed by atoms with E-state index >= 15 is 0 Å². The lowest BCUT2D eigenvalue weighted by molar-refractivity contribution is -0.120. The molecule has 0 aromatic heterocycles. The minimum absolute atomic E-state index is 0.0995. The normalized spacial score (nSPS) is 17.8. The van der Waals surface area contributed by atoms with E-state index < -0.39 is 0 Å². The van der Waals surface area contributed by atoms with Crippen molar-refractivity contribution in [2.24, 2.45) is 5.92 Å². The van der Waals surface area contributed by atoms with E-state index in [4.69, 9.17) is 0 Å². The molecule has 0 bridgehead atoms. The van der Waals surface area contributed by atoms with Crippen LogP contribution in [0.5, 0.6) is 5.75 Å². The number of aromatic hydroxyl groups is 1. The highest BCUT2D eigenvalue weighted by Crippen LogP contribution is 2.24. The van der Waals surface area contributed by atoms with Crippen molar-refractivity contribution in [2.45, 2.75) is 44.9 Å². The molecule has 3 heteroatoms. The second kappa shape index (κ2) is 6.43. The first kappa shape index (κ1) is 12.9. The standard InChI is InChI=1S/C15H21NO2/c17-14-10-6-9-13(11-14)16-15(18)12-7-4-2-1-3-5-8-12/h6,9-12,17H,1-5,7-8H2,(H,16,18). The smallest absolute Gasteiger partial charge is 0.227 e. The number of carbonyl (C=O) groups excluding carboxylic acids is 1. The van der Waals surface area contributed by atoms with E-state index in [0.29, 0.717) is 5.69 Å². The number of rotatable bonds is 2. The summed E-state index contributed by atoms with van der Waals surface area (Å²) in [6, 6.07) is 6.73. The molecule has 0 atom stereocenters. The number of phenolic OH excluding ortho intramolecular Hbond substituents is 1. The lowest BCUT2D eigenvalue weighted by Crippen LogP contribution is -2.23. The van der Waals surface area contributed by atoms with Crippen LogP contribution < -0.4 is 5.32 Å². The number of anilines is 1. The molecule has 0 spiro atoms. The van der Waals surface area contributed by atoms with Crippen molar-refractivity contribution in [1.82, 2.24) is 0 Å². The Morgan fingerprint density at radius 1 is 1.11 bits per heavy atom. The van der Waals surface area contributed by atoms with E-state index in [0.717, 1.165) is 25.7 Å². The summed E-state index contributed by atoms with van der Waals surface area (Å²) in [4.78, 5) is 12.2. The summed E-state index contributed by atoms with van der Waals surface area (Å²) < 4.78 is 0. The second-order valence-electron chi connectivity index (χ2n) is 5.08. The Morgan fingerprint density at radius 2 is 1.78 bits per heavy atom. The molecule has 0 radical (unpaired) electrons. The van der Waals surface area contributed by atoms with E-state index in [1.54, 1.807) is 24.3 Å². The highest BCUT2D eigenvalue weighted by molar-refractivity contribution is 5.92. The van der Waals surface area contributed by atoms with Crippen LogP contribution in [0.4, 0.5) is 5.69 Å². The molecule has 1 aliphatic rings. The fourth-order valence-corrected chi connectivity index (χ4v) is 2.55. The van der Waals surface area contributed by atoms with Crippen molar-refractivity contribution in [3.8, 4) is 5.75 Å². The van der Waals surface area contributed by atoms with Crippen LogP contribution in [0.15, 0.2) is 24.3 Å². The molecule has 1 fully saturated rings. The summed E-state index contributed by atoms with van der Waals surface area (Å²) in [5.41, 5.74) is 0.682. The van der Waals surface area contributed by atoms with Gasteiger partial charge in [0.2, 0.25) is 5.91 Å². The Labute approximate surface area is 108 Å². The van der Waals surface area contributed by atoms with Gasteiger partial charge in [0.05, 0.1) is 0 Å². The zero-order chi connectivity index (χ0) is 12.8. The SMILES string of the molecule is O=C(Nc1cccc(O)c1)C1CCCCCCC1. The lowest BCUT2D eigenvalue weighted by Gasteiger charge is -2.19. The first-order valence-electron chi connectivity index (χ1n) is 6.85. The first-order chi connectivity index (χ1) is 8.75. The average molecular weight is 247 g/mol. The number of hydrogen-bond acceptors (Lipinski definition) is 2. The minimum Gasteiger partial charge on any atom is -0.508 e. The van der Waals surface area contributed by atoms with Crippen LogP contribution in [0.2, 0.25) is 0 Å². The maximum atomic E-state index is 12.2. The average Bonchev–Trinajstić information content (AvgIpc) is 2.28. The topological polar surface area (TPSA) is 49.3 Å². The Balaban J connectivity index is 1.93. The van der Waals surface area contributed by atoms with Crippen LogP contribution in [0.25, 0.3) is 0 Å².